The van der Waals surface area contributed by atoms with E-state index in [1.165, 1.54) is 0 Å². The molecule has 0 unspecified atom stereocenters. The number of rotatable bonds is 7. The number of halogens is 1. The lowest BCUT2D eigenvalue weighted by Crippen LogP contribution is -2.38. The molecule has 0 bridgehead atoms. The molecule has 1 aliphatic heterocycles. The highest BCUT2D eigenvalue weighted by Gasteiger charge is 2.17. The topological polar surface area (TPSA) is 49.4 Å². The van der Waals surface area contributed by atoms with E-state index in [9.17, 15) is 9.59 Å². The van der Waals surface area contributed by atoms with E-state index in [2.05, 4.69) is 5.32 Å². The maximum Gasteiger partial charge on any atom is 0.241 e. The molecule has 1 saturated heterocycles. The molecule has 0 spiro atoms. The van der Waals surface area contributed by atoms with Gasteiger partial charge in [0.15, 0.2) is 0 Å². The van der Waals surface area contributed by atoms with E-state index < -0.39 is 0 Å². The highest BCUT2D eigenvalue weighted by atomic mass is 35.5. The zero-order chi connectivity index (χ0) is 15.8. The fraction of sp³-hybridized carbons (Fsp3) is 0.500. The summed E-state index contributed by atoms with van der Waals surface area (Å²) in [5.41, 5.74) is 0. The zero-order valence-electron chi connectivity index (χ0n) is 12.5. The minimum atomic E-state index is -0.0516. The van der Waals surface area contributed by atoms with Crippen LogP contribution in [0.2, 0.25) is 5.02 Å². The quantitative estimate of drug-likeness (QED) is 0.613. The van der Waals surface area contributed by atoms with Gasteiger partial charge in [-0.3, -0.25) is 9.59 Å². The zero-order valence-corrected chi connectivity index (χ0v) is 14.1. The number of hydrogen-bond donors (Lipinski definition) is 1. The Labute approximate surface area is 140 Å². The molecule has 0 saturated carbocycles. The fourth-order valence-corrected chi connectivity index (χ4v) is 3.27. The number of benzene rings is 1. The summed E-state index contributed by atoms with van der Waals surface area (Å²) in [6.07, 6.45) is 3.38. The lowest BCUT2D eigenvalue weighted by Gasteiger charge is -2.15. The van der Waals surface area contributed by atoms with Crippen molar-refractivity contribution in [3.8, 4) is 0 Å². The van der Waals surface area contributed by atoms with Gasteiger partial charge in [-0.15, -0.1) is 11.8 Å². The van der Waals surface area contributed by atoms with Gasteiger partial charge in [0, 0.05) is 29.4 Å². The first kappa shape index (κ1) is 17.2. The summed E-state index contributed by atoms with van der Waals surface area (Å²) in [4.78, 5) is 26.5. The van der Waals surface area contributed by atoms with Crippen LogP contribution in [0.15, 0.2) is 29.2 Å². The van der Waals surface area contributed by atoms with Gasteiger partial charge >= 0.3 is 0 Å². The van der Waals surface area contributed by atoms with Crippen molar-refractivity contribution in [1.82, 2.24) is 10.2 Å². The van der Waals surface area contributed by atoms with Crippen LogP contribution in [-0.2, 0) is 9.59 Å². The largest absolute Gasteiger partial charge is 0.347 e. The second kappa shape index (κ2) is 9.06. The standard InChI is InChI=1S/C16H21ClN2O2S/c17-13-5-7-14(8-6-13)22-11-3-4-15(20)18-12-16(21)19-9-1-2-10-19/h5-8H,1-4,9-12H2,(H,18,20). The Morgan fingerprint density at radius 2 is 1.86 bits per heavy atom. The van der Waals surface area contributed by atoms with E-state index in [-0.39, 0.29) is 18.4 Å². The first-order chi connectivity index (χ1) is 10.6. The minimum absolute atomic E-state index is 0.0291. The monoisotopic (exact) mass is 340 g/mol. The predicted octanol–water partition coefficient (Wildman–Crippen LogP) is 2.95. The first-order valence-electron chi connectivity index (χ1n) is 7.58. The Balaban J connectivity index is 1.55. The van der Waals surface area contributed by atoms with E-state index in [4.69, 9.17) is 11.6 Å². The van der Waals surface area contributed by atoms with Crippen molar-refractivity contribution in [3.63, 3.8) is 0 Å². The molecule has 120 valence electrons. The van der Waals surface area contributed by atoms with Crippen LogP contribution in [0.3, 0.4) is 0 Å². The summed E-state index contributed by atoms with van der Waals surface area (Å²) in [5.74, 6) is 0.848. The SMILES string of the molecule is O=C(CCCSc1ccc(Cl)cc1)NCC(=O)N1CCCC1. The van der Waals surface area contributed by atoms with Gasteiger partial charge in [0.25, 0.3) is 0 Å². The molecule has 1 aromatic rings. The van der Waals surface area contributed by atoms with Crippen molar-refractivity contribution in [3.05, 3.63) is 29.3 Å². The number of thioether (sulfide) groups is 1. The van der Waals surface area contributed by atoms with Crippen LogP contribution in [0.25, 0.3) is 0 Å². The summed E-state index contributed by atoms with van der Waals surface area (Å²) in [6.45, 7) is 1.78. The Morgan fingerprint density at radius 3 is 2.55 bits per heavy atom. The van der Waals surface area contributed by atoms with Gasteiger partial charge < -0.3 is 10.2 Å². The fourth-order valence-electron chi connectivity index (χ4n) is 2.29. The van der Waals surface area contributed by atoms with Crippen LogP contribution < -0.4 is 5.32 Å². The normalized spacial score (nSPS) is 14.1. The van der Waals surface area contributed by atoms with Gasteiger partial charge in [0.1, 0.15) is 0 Å². The minimum Gasteiger partial charge on any atom is -0.347 e. The molecule has 1 heterocycles. The van der Waals surface area contributed by atoms with Crippen molar-refractivity contribution >= 4 is 35.2 Å². The molecule has 0 aliphatic carbocycles. The van der Waals surface area contributed by atoms with Crippen LogP contribution >= 0.6 is 23.4 Å². The lowest BCUT2D eigenvalue weighted by molar-refractivity contribution is -0.132. The van der Waals surface area contributed by atoms with E-state index in [1.807, 2.05) is 29.2 Å². The molecule has 4 nitrogen and oxygen atoms in total. The number of nitrogens with zero attached hydrogens (tertiary/aromatic N) is 1. The number of amides is 2. The van der Waals surface area contributed by atoms with Crippen molar-refractivity contribution in [2.24, 2.45) is 0 Å². The molecule has 1 aromatic carbocycles. The van der Waals surface area contributed by atoms with E-state index in [1.54, 1.807) is 11.8 Å². The summed E-state index contributed by atoms with van der Waals surface area (Å²) in [5, 5.41) is 3.44. The first-order valence-corrected chi connectivity index (χ1v) is 8.94. The Hall–Kier alpha value is -1.20. The molecule has 1 N–H and O–H groups in total. The maximum atomic E-state index is 11.8. The molecular weight excluding hydrogens is 320 g/mol. The highest BCUT2D eigenvalue weighted by Crippen LogP contribution is 2.21. The third-order valence-corrected chi connectivity index (χ3v) is 4.88. The van der Waals surface area contributed by atoms with Crippen LogP contribution in [-0.4, -0.2) is 42.1 Å². The second-order valence-corrected chi connectivity index (χ2v) is 6.88. The van der Waals surface area contributed by atoms with Crippen LogP contribution in [0.5, 0.6) is 0 Å². The molecule has 6 heteroatoms. The molecule has 0 radical (unpaired) electrons. The number of likely N-dealkylation sites (tertiary alicyclic amines) is 1. The summed E-state index contributed by atoms with van der Waals surface area (Å²) >= 11 is 7.53. The van der Waals surface area contributed by atoms with Crippen LogP contribution in [0, 0.1) is 0 Å². The molecule has 0 aromatic heterocycles. The predicted molar refractivity (Wildman–Crippen MR) is 90.2 cm³/mol. The number of carbonyl (C=O) groups excluding carboxylic acids is 2. The third-order valence-electron chi connectivity index (χ3n) is 3.53. The number of nitrogens with one attached hydrogen (secondary N) is 1. The van der Waals surface area contributed by atoms with Crippen molar-refractivity contribution in [2.45, 2.75) is 30.6 Å². The Morgan fingerprint density at radius 1 is 1.18 bits per heavy atom. The smallest absolute Gasteiger partial charge is 0.241 e. The lowest BCUT2D eigenvalue weighted by atomic mass is 10.3. The molecule has 1 aliphatic rings. The second-order valence-electron chi connectivity index (χ2n) is 5.27. The van der Waals surface area contributed by atoms with Crippen molar-refractivity contribution < 1.29 is 9.59 Å². The van der Waals surface area contributed by atoms with Crippen molar-refractivity contribution in [1.29, 1.82) is 0 Å². The molecule has 1 fully saturated rings. The van der Waals surface area contributed by atoms with E-state index in [0.29, 0.717) is 6.42 Å². The van der Waals surface area contributed by atoms with Crippen LogP contribution in [0.4, 0.5) is 0 Å². The number of hydrogen-bond acceptors (Lipinski definition) is 3. The van der Waals surface area contributed by atoms with E-state index >= 15 is 0 Å². The Bertz CT molecular complexity index is 501. The summed E-state index contributed by atoms with van der Waals surface area (Å²) in [6, 6.07) is 7.67. The summed E-state index contributed by atoms with van der Waals surface area (Å²) in [7, 11) is 0. The highest BCUT2D eigenvalue weighted by molar-refractivity contribution is 7.99. The van der Waals surface area contributed by atoms with Gasteiger partial charge in [-0.1, -0.05) is 11.6 Å². The molecule has 22 heavy (non-hydrogen) atoms. The molecule has 2 amide bonds. The molecule has 0 atom stereocenters. The van der Waals surface area contributed by atoms with Gasteiger partial charge in [0.05, 0.1) is 6.54 Å². The van der Waals surface area contributed by atoms with Crippen LogP contribution in [0.1, 0.15) is 25.7 Å². The average Bonchev–Trinajstić information content (AvgIpc) is 3.05. The third kappa shape index (κ3) is 5.89. The molecule has 2 rings (SSSR count). The van der Waals surface area contributed by atoms with Gasteiger partial charge in [0.2, 0.25) is 11.8 Å². The van der Waals surface area contributed by atoms with E-state index in [0.717, 1.165) is 48.0 Å². The average molecular weight is 341 g/mol. The summed E-state index contributed by atoms with van der Waals surface area (Å²) < 4.78 is 0. The molecular formula is C16H21ClN2O2S. The van der Waals surface area contributed by atoms with Gasteiger partial charge in [-0.2, -0.15) is 0 Å². The van der Waals surface area contributed by atoms with Gasteiger partial charge in [-0.05, 0) is 49.3 Å². The van der Waals surface area contributed by atoms with Gasteiger partial charge in [-0.25, -0.2) is 0 Å². The van der Waals surface area contributed by atoms with Crippen molar-refractivity contribution in [2.75, 3.05) is 25.4 Å². The Kier molecular flexibility index (Phi) is 7.06. The number of carbonyl (C=O) groups is 2. The maximum absolute atomic E-state index is 11.8.